The molecule has 0 saturated heterocycles. The highest BCUT2D eigenvalue weighted by molar-refractivity contribution is 5.82. The van der Waals surface area contributed by atoms with Gasteiger partial charge in [0, 0.05) is 11.0 Å². The number of hydrogen-bond acceptors (Lipinski definition) is 4. The highest BCUT2D eigenvalue weighted by Crippen LogP contribution is 2.65. The molecule has 4 heteroatoms. The van der Waals surface area contributed by atoms with Crippen LogP contribution in [0.3, 0.4) is 0 Å². The molecule has 0 radical (unpaired) electrons. The molecule has 1 fully saturated rings. The van der Waals surface area contributed by atoms with Gasteiger partial charge in [0.25, 0.3) is 0 Å². The van der Waals surface area contributed by atoms with Crippen LogP contribution in [-0.4, -0.2) is 18.2 Å². The zero-order valence-corrected chi connectivity index (χ0v) is 15.1. The monoisotopic (exact) mass is 329 g/mol. The molecule has 3 atom stereocenters. The van der Waals surface area contributed by atoms with Crippen LogP contribution in [-0.2, 0) is 21.4 Å². The molecule has 0 N–H and O–H groups in total. The molecule has 0 aromatic carbocycles. The van der Waals surface area contributed by atoms with Gasteiger partial charge in [0.05, 0.1) is 18.7 Å². The number of carbonyl (C=O) groups is 1. The van der Waals surface area contributed by atoms with E-state index in [2.05, 4.69) is 32.0 Å². The molecule has 3 aliphatic carbocycles. The van der Waals surface area contributed by atoms with E-state index in [1.54, 1.807) is 0 Å². The summed E-state index contributed by atoms with van der Waals surface area (Å²) in [5, 5.41) is 4.07. The second kappa shape index (κ2) is 4.96. The molecule has 0 spiro atoms. The maximum absolute atomic E-state index is 12.8. The maximum atomic E-state index is 12.8. The molecule has 0 bridgehead atoms. The molecular weight excluding hydrogens is 302 g/mol. The first-order valence-electron chi connectivity index (χ1n) is 9.10. The van der Waals surface area contributed by atoms with Gasteiger partial charge >= 0.3 is 5.97 Å². The van der Waals surface area contributed by atoms with Crippen LogP contribution in [0, 0.1) is 16.7 Å². The molecule has 130 valence electrons. The quantitative estimate of drug-likeness (QED) is 0.572. The van der Waals surface area contributed by atoms with Crippen LogP contribution in [0.15, 0.2) is 22.4 Å². The molecule has 1 aromatic rings. The zero-order chi connectivity index (χ0) is 17.2. The SMILES string of the molecule is COC(=O)[C@]12CCCC=C1[C@@]1(C)Cc3cnoc3C(C)(C)C1CC2. The van der Waals surface area contributed by atoms with Crippen LogP contribution in [0.25, 0.3) is 0 Å². The average molecular weight is 329 g/mol. The number of hydrogen-bond donors (Lipinski definition) is 0. The third-order valence-corrected chi connectivity index (χ3v) is 7.15. The minimum absolute atomic E-state index is 0.0328. The van der Waals surface area contributed by atoms with Crippen LogP contribution in [0.2, 0.25) is 0 Å². The van der Waals surface area contributed by atoms with E-state index in [0.717, 1.165) is 44.3 Å². The second-order valence-corrected chi connectivity index (χ2v) is 8.67. The Bertz CT molecular complexity index is 716. The smallest absolute Gasteiger partial charge is 0.315 e. The van der Waals surface area contributed by atoms with E-state index in [9.17, 15) is 4.79 Å². The van der Waals surface area contributed by atoms with Crippen molar-refractivity contribution in [1.29, 1.82) is 0 Å². The standard InChI is InChI=1S/C20H27NO3/c1-18(2)14-8-10-20(17(22)23-4)9-6-5-7-15(20)19(14,3)11-13-12-21-24-16(13)18/h7,12,14H,5-6,8-11H2,1-4H3/t14?,19-,20-/m0/s1. The molecule has 1 heterocycles. The van der Waals surface area contributed by atoms with Crippen molar-refractivity contribution in [2.45, 2.75) is 64.7 Å². The summed E-state index contributed by atoms with van der Waals surface area (Å²) in [4.78, 5) is 12.8. The first kappa shape index (κ1) is 15.9. The molecule has 0 aliphatic heterocycles. The highest BCUT2D eigenvalue weighted by atomic mass is 16.5. The summed E-state index contributed by atoms with van der Waals surface area (Å²) < 4.78 is 10.9. The van der Waals surface area contributed by atoms with Crippen molar-refractivity contribution >= 4 is 5.97 Å². The summed E-state index contributed by atoms with van der Waals surface area (Å²) in [6, 6.07) is 0. The Balaban J connectivity index is 1.89. The number of methoxy groups -OCH3 is 1. The number of esters is 1. The van der Waals surface area contributed by atoms with E-state index in [1.807, 2.05) is 6.20 Å². The average Bonchev–Trinajstić information content (AvgIpc) is 3.02. The Morgan fingerprint density at radius 2 is 2.12 bits per heavy atom. The maximum Gasteiger partial charge on any atom is 0.315 e. The van der Waals surface area contributed by atoms with Gasteiger partial charge in [-0.05, 0) is 49.9 Å². The largest absolute Gasteiger partial charge is 0.468 e. The van der Waals surface area contributed by atoms with Gasteiger partial charge in [-0.1, -0.05) is 37.6 Å². The van der Waals surface area contributed by atoms with Gasteiger partial charge < -0.3 is 9.26 Å². The van der Waals surface area contributed by atoms with E-state index in [0.29, 0.717) is 5.92 Å². The molecule has 4 rings (SSSR count). The third-order valence-electron chi connectivity index (χ3n) is 7.15. The van der Waals surface area contributed by atoms with Gasteiger partial charge in [-0.25, -0.2) is 0 Å². The number of carbonyl (C=O) groups excluding carboxylic acids is 1. The molecule has 1 saturated carbocycles. The predicted molar refractivity (Wildman–Crippen MR) is 90.4 cm³/mol. The highest BCUT2D eigenvalue weighted by Gasteiger charge is 2.62. The zero-order valence-electron chi connectivity index (χ0n) is 15.1. The molecule has 24 heavy (non-hydrogen) atoms. The van der Waals surface area contributed by atoms with Gasteiger partial charge in [-0.3, -0.25) is 4.79 Å². The molecule has 1 unspecified atom stereocenters. The van der Waals surface area contributed by atoms with Crippen molar-refractivity contribution in [3.05, 3.63) is 29.2 Å². The Labute approximate surface area is 143 Å². The summed E-state index contributed by atoms with van der Waals surface area (Å²) in [6.07, 6.45) is 10.1. The van der Waals surface area contributed by atoms with Crippen molar-refractivity contribution in [3.8, 4) is 0 Å². The lowest BCUT2D eigenvalue weighted by molar-refractivity contribution is -0.155. The molecule has 4 nitrogen and oxygen atoms in total. The summed E-state index contributed by atoms with van der Waals surface area (Å²) in [7, 11) is 1.53. The Morgan fingerprint density at radius 3 is 2.88 bits per heavy atom. The summed E-state index contributed by atoms with van der Waals surface area (Å²) in [5.74, 6) is 1.45. The van der Waals surface area contributed by atoms with Gasteiger partial charge in [-0.2, -0.15) is 0 Å². The van der Waals surface area contributed by atoms with E-state index in [4.69, 9.17) is 9.26 Å². The fraction of sp³-hybridized carbons (Fsp3) is 0.700. The van der Waals surface area contributed by atoms with Gasteiger partial charge in [0.1, 0.15) is 5.76 Å². The van der Waals surface area contributed by atoms with Crippen LogP contribution in [0.1, 0.15) is 64.2 Å². The summed E-state index contributed by atoms with van der Waals surface area (Å²) in [6.45, 7) is 6.89. The number of allylic oxidation sites excluding steroid dienone is 1. The van der Waals surface area contributed by atoms with Crippen molar-refractivity contribution in [2.24, 2.45) is 16.7 Å². The Hall–Kier alpha value is -1.58. The molecule has 0 amide bonds. The van der Waals surface area contributed by atoms with E-state index < -0.39 is 5.41 Å². The van der Waals surface area contributed by atoms with Gasteiger partial charge in [-0.15, -0.1) is 0 Å². The lowest BCUT2D eigenvalue weighted by Crippen LogP contribution is -2.56. The third kappa shape index (κ3) is 1.80. The molecular formula is C20H27NO3. The Kier molecular flexibility index (Phi) is 3.29. The van der Waals surface area contributed by atoms with Crippen molar-refractivity contribution in [2.75, 3.05) is 7.11 Å². The topological polar surface area (TPSA) is 52.3 Å². The first-order valence-corrected chi connectivity index (χ1v) is 9.10. The summed E-state index contributed by atoms with van der Waals surface area (Å²) >= 11 is 0. The lowest BCUT2D eigenvalue weighted by atomic mass is 9.44. The van der Waals surface area contributed by atoms with Gasteiger partial charge in [0.2, 0.25) is 0 Å². The van der Waals surface area contributed by atoms with Crippen molar-refractivity contribution in [1.82, 2.24) is 5.16 Å². The fourth-order valence-electron chi connectivity index (χ4n) is 6.27. The van der Waals surface area contributed by atoms with Crippen LogP contribution < -0.4 is 0 Å². The summed E-state index contributed by atoms with van der Waals surface area (Å²) in [5.41, 5.74) is 2.01. The minimum Gasteiger partial charge on any atom is -0.468 e. The van der Waals surface area contributed by atoms with Crippen molar-refractivity contribution < 1.29 is 14.1 Å². The predicted octanol–water partition coefficient (Wildman–Crippen LogP) is 4.19. The van der Waals surface area contributed by atoms with Crippen molar-refractivity contribution in [3.63, 3.8) is 0 Å². The first-order chi connectivity index (χ1) is 11.4. The van der Waals surface area contributed by atoms with Gasteiger partial charge in [0.15, 0.2) is 0 Å². The molecule has 3 aliphatic rings. The number of rotatable bonds is 1. The van der Waals surface area contributed by atoms with E-state index >= 15 is 0 Å². The van der Waals surface area contributed by atoms with Crippen LogP contribution in [0.5, 0.6) is 0 Å². The Morgan fingerprint density at radius 1 is 1.33 bits per heavy atom. The van der Waals surface area contributed by atoms with Crippen LogP contribution >= 0.6 is 0 Å². The number of aromatic nitrogens is 1. The second-order valence-electron chi connectivity index (χ2n) is 8.67. The normalized spacial score (nSPS) is 36.8. The van der Waals surface area contributed by atoms with Crippen LogP contribution in [0.4, 0.5) is 0 Å². The minimum atomic E-state index is -0.414. The van der Waals surface area contributed by atoms with E-state index in [1.165, 1.54) is 18.2 Å². The number of ether oxygens (including phenoxy) is 1. The number of nitrogens with zero attached hydrogens (tertiary/aromatic N) is 1. The molecule has 1 aromatic heterocycles. The number of fused-ring (bicyclic) bond motifs is 4. The lowest BCUT2D eigenvalue weighted by Gasteiger charge is -2.59. The van der Waals surface area contributed by atoms with E-state index in [-0.39, 0.29) is 16.8 Å². The fourth-order valence-corrected chi connectivity index (χ4v) is 6.27.